The number of ether oxygens (including phenoxy) is 1. The van der Waals surface area contributed by atoms with Crippen LogP contribution in [0.25, 0.3) is 11.3 Å². The van der Waals surface area contributed by atoms with Crippen molar-refractivity contribution in [3.05, 3.63) is 52.7 Å². The highest BCUT2D eigenvalue weighted by Gasteiger charge is 2.14. The van der Waals surface area contributed by atoms with Crippen LogP contribution in [0.1, 0.15) is 20.8 Å². The first kappa shape index (κ1) is 16.9. The fraction of sp³-hybridized carbons (Fsp3) is 0.167. The monoisotopic (exact) mass is 354 g/mol. The number of anilines is 2. The number of hydrogen-bond acceptors (Lipinski definition) is 6. The van der Waals surface area contributed by atoms with Gasteiger partial charge in [-0.25, -0.2) is 4.98 Å². The van der Waals surface area contributed by atoms with Crippen LogP contribution >= 0.6 is 11.3 Å². The van der Waals surface area contributed by atoms with Crippen LogP contribution < -0.4 is 15.8 Å². The van der Waals surface area contributed by atoms with Gasteiger partial charge in [-0.05, 0) is 37.6 Å². The predicted octanol–water partition coefficient (Wildman–Crippen LogP) is 3.67. The van der Waals surface area contributed by atoms with E-state index in [4.69, 9.17) is 10.5 Å². The van der Waals surface area contributed by atoms with Crippen LogP contribution in [0.3, 0.4) is 0 Å². The third kappa shape index (κ3) is 3.46. The van der Waals surface area contributed by atoms with Crippen molar-refractivity contribution in [1.29, 1.82) is 0 Å². The van der Waals surface area contributed by atoms with Crippen LogP contribution in [0.2, 0.25) is 0 Å². The van der Waals surface area contributed by atoms with Gasteiger partial charge in [0.2, 0.25) is 0 Å². The molecule has 0 bridgehead atoms. The number of rotatable bonds is 4. The number of carbonyl (C=O) groups excluding carboxylic acids is 1. The van der Waals surface area contributed by atoms with Gasteiger partial charge in [0.25, 0.3) is 5.91 Å². The maximum Gasteiger partial charge on any atom is 0.261 e. The second-order valence-electron chi connectivity index (χ2n) is 5.52. The molecule has 2 aromatic heterocycles. The number of hydrogen-bond donors (Lipinski definition) is 2. The zero-order chi connectivity index (χ0) is 18.0. The first-order valence-corrected chi connectivity index (χ1v) is 8.44. The minimum Gasteiger partial charge on any atom is -0.496 e. The van der Waals surface area contributed by atoms with E-state index in [9.17, 15) is 4.79 Å². The van der Waals surface area contributed by atoms with Gasteiger partial charge in [0.1, 0.15) is 5.75 Å². The maximum absolute atomic E-state index is 12.5. The predicted molar refractivity (Wildman–Crippen MR) is 100 cm³/mol. The second-order valence-corrected chi connectivity index (χ2v) is 6.75. The van der Waals surface area contributed by atoms with Crippen molar-refractivity contribution in [2.75, 3.05) is 18.2 Å². The van der Waals surface area contributed by atoms with Crippen LogP contribution in [0.5, 0.6) is 5.75 Å². The lowest BCUT2D eigenvalue weighted by Crippen LogP contribution is -2.14. The molecule has 6 nitrogen and oxygen atoms in total. The fourth-order valence-electron chi connectivity index (χ4n) is 2.56. The summed E-state index contributed by atoms with van der Waals surface area (Å²) in [6, 6.07) is 7.42. The number of nitrogens with zero attached hydrogens (tertiary/aromatic N) is 2. The fourth-order valence-corrected chi connectivity index (χ4v) is 3.27. The van der Waals surface area contributed by atoms with Crippen molar-refractivity contribution in [3.63, 3.8) is 0 Å². The molecule has 0 saturated heterocycles. The number of nitrogens with one attached hydrogen (secondary N) is 1. The van der Waals surface area contributed by atoms with E-state index >= 15 is 0 Å². The van der Waals surface area contributed by atoms with Crippen LogP contribution in [0, 0.1) is 13.8 Å². The van der Waals surface area contributed by atoms with Crippen molar-refractivity contribution in [3.8, 4) is 17.0 Å². The molecule has 2 heterocycles. The lowest BCUT2D eigenvalue weighted by atomic mass is 10.1. The molecule has 128 valence electrons. The van der Waals surface area contributed by atoms with Crippen molar-refractivity contribution >= 4 is 28.1 Å². The quantitative estimate of drug-likeness (QED) is 0.746. The number of aromatic nitrogens is 2. The lowest BCUT2D eigenvalue weighted by molar-refractivity contribution is 0.102. The molecular formula is C18H18N4O2S. The second kappa shape index (κ2) is 6.90. The van der Waals surface area contributed by atoms with Crippen molar-refractivity contribution in [1.82, 2.24) is 9.97 Å². The van der Waals surface area contributed by atoms with Gasteiger partial charge in [-0.1, -0.05) is 6.07 Å². The summed E-state index contributed by atoms with van der Waals surface area (Å²) < 4.78 is 5.21. The molecule has 3 aromatic rings. The van der Waals surface area contributed by atoms with E-state index in [0.717, 1.165) is 27.4 Å². The number of carbonyl (C=O) groups is 1. The summed E-state index contributed by atoms with van der Waals surface area (Å²) in [7, 11) is 1.52. The molecular weight excluding hydrogens is 336 g/mol. The van der Waals surface area contributed by atoms with Crippen molar-refractivity contribution in [2.24, 2.45) is 0 Å². The van der Waals surface area contributed by atoms with Gasteiger partial charge in [-0.2, -0.15) is 0 Å². The number of pyridine rings is 1. The Morgan fingerprint density at radius 3 is 2.72 bits per heavy atom. The highest BCUT2D eigenvalue weighted by atomic mass is 32.1. The summed E-state index contributed by atoms with van der Waals surface area (Å²) in [5.74, 6) is 0.213. The van der Waals surface area contributed by atoms with Gasteiger partial charge >= 0.3 is 0 Å². The topological polar surface area (TPSA) is 90.1 Å². The molecule has 0 unspecified atom stereocenters. The van der Waals surface area contributed by atoms with Crippen LogP contribution in [-0.4, -0.2) is 23.0 Å². The zero-order valence-corrected chi connectivity index (χ0v) is 15.0. The molecule has 25 heavy (non-hydrogen) atoms. The number of benzene rings is 1. The molecule has 3 rings (SSSR count). The van der Waals surface area contributed by atoms with E-state index in [1.54, 1.807) is 12.3 Å². The summed E-state index contributed by atoms with van der Waals surface area (Å²) in [4.78, 5) is 21.9. The molecule has 1 aromatic carbocycles. The molecule has 0 saturated carbocycles. The van der Waals surface area contributed by atoms with E-state index in [1.165, 1.54) is 24.6 Å². The Morgan fingerprint density at radius 1 is 1.28 bits per heavy atom. The first-order chi connectivity index (χ1) is 12.0. The third-order valence-electron chi connectivity index (χ3n) is 3.81. The molecule has 3 N–H and O–H groups in total. The Labute approximate surface area is 149 Å². The molecule has 0 aliphatic heterocycles. The normalized spacial score (nSPS) is 10.5. The number of aryl methyl sites for hydroxylation is 2. The van der Waals surface area contributed by atoms with E-state index in [2.05, 4.69) is 15.3 Å². The first-order valence-electron chi connectivity index (χ1n) is 7.63. The molecule has 0 spiro atoms. The molecule has 0 atom stereocenters. The Balaban J connectivity index is 1.87. The summed E-state index contributed by atoms with van der Waals surface area (Å²) in [5.41, 5.74) is 9.66. The van der Waals surface area contributed by atoms with Crippen LogP contribution in [0.4, 0.5) is 10.8 Å². The molecule has 0 aliphatic rings. The van der Waals surface area contributed by atoms with E-state index in [-0.39, 0.29) is 5.91 Å². The Hall–Kier alpha value is -2.93. The molecule has 1 amide bonds. The Bertz CT molecular complexity index is 937. The van der Waals surface area contributed by atoms with Crippen LogP contribution in [0.15, 0.2) is 36.7 Å². The summed E-state index contributed by atoms with van der Waals surface area (Å²) in [6.07, 6.45) is 3.07. The SMILES string of the molecule is COc1ccncc1C(=O)Nc1ccc(-c2nc(N)sc2C)cc1C. The van der Waals surface area contributed by atoms with E-state index in [0.29, 0.717) is 16.4 Å². The third-order valence-corrected chi connectivity index (χ3v) is 4.61. The van der Waals surface area contributed by atoms with Crippen LogP contribution in [-0.2, 0) is 0 Å². The average molecular weight is 354 g/mol. The van der Waals surface area contributed by atoms with E-state index in [1.807, 2.05) is 32.0 Å². The highest BCUT2D eigenvalue weighted by molar-refractivity contribution is 7.15. The van der Waals surface area contributed by atoms with Gasteiger partial charge in [0.15, 0.2) is 5.13 Å². The smallest absolute Gasteiger partial charge is 0.261 e. The number of amides is 1. The lowest BCUT2D eigenvalue weighted by Gasteiger charge is -2.11. The van der Waals surface area contributed by atoms with Gasteiger partial charge in [-0.15, -0.1) is 11.3 Å². The zero-order valence-electron chi connectivity index (χ0n) is 14.2. The molecule has 0 fully saturated rings. The maximum atomic E-state index is 12.5. The Kier molecular flexibility index (Phi) is 4.67. The minimum atomic E-state index is -0.269. The van der Waals surface area contributed by atoms with Gasteiger partial charge in [0, 0.05) is 28.5 Å². The number of methoxy groups -OCH3 is 1. The van der Waals surface area contributed by atoms with Crippen molar-refractivity contribution < 1.29 is 9.53 Å². The average Bonchev–Trinajstić information content (AvgIpc) is 2.94. The molecule has 0 aliphatic carbocycles. The number of nitrogens with two attached hydrogens (primary N) is 1. The molecule has 7 heteroatoms. The Morgan fingerprint density at radius 2 is 2.08 bits per heavy atom. The summed E-state index contributed by atoms with van der Waals surface area (Å²) in [5, 5.41) is 3.45. The minimum absolute atomic E-state index is 0.269. The standard InChI is InChI=1S/C18H18N4O2S/c1-10-8-12(16-11(2)25-18(19)22-16)4-5-14(10)21-17(23)13-9-20-7-6-15(13)24-3/h4-9H,1-3H3,(H2,19,22)(H,21,23). The molecule has 0 radical (unpaired) electrons. The largest absolute Gasteiger partial charge is 0.496 e. The van der Waals surface area contributed by atoms with Gasteiger partial charge in [-0.3, -0.25) is 9.78 Å². The summed E-state index contributed by atoms with van der Waals surface area (Å²) >= 11 is 1.46. The number of nitrogen functional groups attached to an aromatic ring is 1. The van der Waals surface area contributed by atoms with Gasteiger partial charge < -0.3 is 15.8 Å². The highest BCUT2D eigenvalue weighted by Crippen LogP contribution is 2.31. The van der Waals surface area contributed by atoms with Crippen molar-refractivity contribution in [2.45, 2.75) is 13.8 Å². The van der Waals surface area contributed by atoms with Gasteiger partial charge in [0.05, 0.1) is 18.4 Å². The van der Waals surface area contributed by atoms with E-state index < -0.39 is 0 Å². The summed E-state index contributed by atoms with van der Waals surface area (Å²) in [6.45, 7) is 3.92. The number of thiazole rings is 1.